The molecule has 9 heteroatoms. The summed E-state index contributed by atoms with van der Waals surface area (Å²) >= 11 is 6.08. The van der Waals surface area contributed by atoms with Gasteiger partial charge in [-0.3, -0.25) is 0 Å². The number of esters is 1. The van der Waals surface area contributed by atoms with Gasteiger partial charge in [0.2, 0.25) is 10.0 Å². The quantitative estimate of drug-likeness (QED) is 0.788. The highest BCUT2D eigenvalue weighted by atomic mass is 35.5. The third kappa shape index (κ3) is 4.40. The second-order valence-corrected chi connectivity index (χ2v) is 8.05. The zero-order chi connectivity index (χ0) is 17.2. The Hall–Kier alpha value is -0.860. The van der Waals surface area contributed by atoms with E-state index in [-0.39, 0.29) is 33.9 Å². The van der Waals surface area contributed by atoms with Gasteiger partial charge in [0.1, 0.15) is 4.90 Å². The van der Waals surface area contributed by atoms with Gasteiger partial charge in [0.15, 0.2) is 0 Å². The van der Waals surface area contributed by atoms with E-state index >= 15 is 0 Å². The van der Waals surface area contributed by atoms with Crippen LogP contribution >= 0.6 is 24.0 Å². The van der Waals surface area contributed by atoms with Gasteiger partial charge in [-0.2, -0.15) is 4.31 Å². The van der Waals surface area contributed by atoms with E-state index in [1.165, 1.54) is 29.6 Å². The molecule has 24 heavy (non-hydrogen) atoms. The summed E-state index contributed by atoms with van der Waals surface area (Å²) in [6.45, 7) is 2.78. The molecular formula is C15H22Cl2N2O4S. The molecule has 6 nitrogen and oxygen atoms in total. The lowest BCUT2D eigenvalue weighted by molar-refractivity contribution is 0.0600. The van der Waals surface area contributed by atoms with Crippen LogP contribution in [-0.4, -0.2) is 44.9 Å². The van der Waals surface area contributed by atoms with Crippen molar-refractivity contribution >= 4 is 40.0 Å². The number of halogens is 2. The summed E-state index contributed by atoms with van der Waals surface area (Å²) in [4.78, 5) is 11.5. The number of nitrogens with zero attached hydrogens (tertiary/aromatic N) is 1. The van der Waals surface area contributed by atoms with Gasteiger partial charge in [-0.15, -0.1) is 12.4 Å². The van der Waals surface area contributed by atoms with E-state index in [9.17, 15) is 13.2 Å². The third-order valence-electron chi connectivity index (χ3n) is 4.21. The molecule has 0 aliphatic carbocycles. The largest absolute Gasteiger partial charge is 0.465 e. The summed E-state index contributed by atoms with van der Waals surface area (Å²) in [7, 11) is -2.43. The van der Waals surface area contributed by atoms with Gasteiger partial charge in [0.05, 0.1) is 17.7 Å². The molecule has 1 unspecified atom stereocenters. The first-order chi connectivity index (χ1) is 10.8. The zero-order valence-electron chi connectivity index (χ0n) is 13.6. The summed E-state index contributed by atoms with van der Waals surface area (Å²) in [5, 5.41) is 0.0159. The fourth-order valence-electron chi connectivity index (χ4n) is 2.74. The number of rotatable bonds is 4. The number of piperidine rings is 1. The SMILES string of the molecule is COC(=O)c1ccc(S(=O)(=O)N2CCC(C(C)N)CC2)c(Cl)c1.Cl. The second-order valence-electron chi connectivity index (χ2n) is 5.74. The minimum absolute atomic E-state index is 0. The van der Waals surface area contributed by atoms with E-state index < -0.39 is 16.0 Å². The number of carbonyl (C=O) groups is 1. The molecule has 1 aliphatic heterocycles. The minimum Gasteiger partial charge on any atom is -0.465 e. The number of benzene rings is 1. The molecule has 1 saturated heterocycles. The van der Waals surface area contributed by atoms with Gasteiger partial charge < -0.3 is 10.5 Å². The van der Waals surface area contributed by atoms with Crippen LogP contribution in [0.1, 0.15) is 30.1 Å². The van der Waals surface area contributed by atoms with Gasteiger partial charge in [-0.1, -0.05) is 11.6 Å². The van der Waals surface area contributed by atoms with E-state index in [1.54, 1.807) is 0 Å². The fraction of sp³-hybridized carbons (Fsp3) is 0.533. The Morgan fingerprint density at radius 3 is 2.42 bits per heavy atom. The molecular weight excluding hydrogens is 375 g/mol. The highest BCUT2D eigenvalue weighted by Crippen LogP contribution is 2.29. The van der Waals surface area contributed by atoms with Crippen molar-refractivity contribution < 1.29 is 17.9 Å². The first kappa shape index (κ1) is 21.2. The Morgan fingerprint density at radius 1 is 1.38 bits per heavy atom. The predicted molar refractivity (Wildman–Crippen MR) is 95.2 cm³/mol. The Morgan fingerprint density at radius 2 is 1.96 bits per heavy atom. The predicted octanol–water partition coefficient (Wildman–Crippen LogP) is 2.30. The molecule has 0 amide bonds. The maximum absolute atomic E-state index is 12.7. The van der Waals surface area contributed by atoms with Crippen molar-refractivity contribution in [1.82, 2.24) is 4.31 Å². The normalized spacial score (nSPS) is 17.8. The first-order valence-corrected chi connectivity index (χ1v) is 9.22. The molecule has 1 atom stereocenters. The molecule has 1 aromatic rings. The Balaban J connectivity index is 0.00000288. The summed E-state index contributed by atoms with van der Waals surface area (Å²) in [5.74, 6) is -0.229. The van der Waals surface area contributed by atoms with Crippen LogP contribution in [0.25, 0.3) is 0 Å². The van der Waals surface area contributed by atoms with E-state index in [1.807, 2.05) is 6.92 Å². The molecule has 136 valence electrons. The van der Waals surface area contributed by atoms with Gasteiger partial charge in [-0.25, -0.2) is 13.2 Å². The number of carbonyl (C=O) groups excluding carboxylic acids is 1. The Kier molecular flexibility index (Phi) is 7.49. The van der Waals surface area contributed by atoms with Crippen LogP contribution in [0.5, 0.6) is 0 Å². The van der Waals surface area contributed by atoms with Crippen LogP contribution in [-0.2, 0) is 14.8 Å². The molecule has 1 aliphatic rings. The van der Waals surface area contributed by atoms with Crippen LogP contribution in [0.15, 0.2) is 23.1 Å². The first-order valence-electron chi connectivity index (χ1n) is 7.41. The molecule has 0 aromatic heterocycles. The van der Waals surface area contributed by atoms with Crippen LogP contribution in [0.4, 0.5) is 0 Å². The van der Waals surface area contributed by atoms with Gasteiger partial charge in [0, 0.05) is 19.1 Å². The van der Waals surface area contributed by atoms with Crippen molar-refractivity contribution in [3.05, 3.63) is 28.8 Å². The van der Waals surface area contributed by atoms with Crippen LogP contribution < -0.4 is 5.73 Å². The molecule has 0 bridgehead atoms. The summed E-state index contributed by atoms with van der Waals surface area (Å²) < 4.78 is 31.5. The number of hydrogen-bond donors (Lipinski definition) is 1. The Bertz CT molecular complexity index is 687. The van der Waals surface area contributed by atoms with Gasteiger partial charge >= 0.3 is 5.97 Å². The average Bonchev–Trinajstić information content (AvgIpc) is 2.53. The van der Waals surface area contributed by atoms with E-state index in [2.05, 4.69) is 4.74 Å². The molecule has 2 N–H and O–H groups in total. The number of nitrogens with two attached hydrogens (primary N) is 1. The minimum atomic E-state index is -3.68. The molecule has 0 spiro atoms. The number of sulfonamides is 1. The lowest BCUT2D eigenvalue weighted by Gasteiger charge is -2.33. The maximum Gasteiger partial charge on any atom is 0.337 e. The van der Waals surface area contributed by atoms with E-state index in [0.717, 1.165) is 12.8 Å². The average molecular weight is 397 g/mol. The van der Waals surface area contributed by atoms with Crippen molar-refractivity contribution in [2.75, 3.05) is 20.2 Å². The van der Waals surface area contributed by atoms with Crippen molar-refractivity contribution in [3.8, 4) is 0 Å². The van der Waals surface area contributed by atoms with E-state index in [0.29, 0.717) is 19.0 Å². The molecule has 1 fully saturated rings. The van der Waals surface area contributed by atoms with Crippen LogP contribution in [0, 0.1) is 5.92 Å². The summed E-state index contributed by atoms with van der Waals surface area (Å²) in [6.07, 6.45) is 1.46. The van der Waals surface area contributed by atoms with Crippen molar-refractivity contribution in [2.45, 2.75) is 30.7 Å². The van der Waals surface area contributed by atoms with Crippen molar-refractivity contribution in [1.29, 1.82) is 0 Å². The maximum atomic E-state index is 12.7. The standard InChI is InChI=1S/C15H21ClN2O4S.ClH/c1-10(17)11-5-7-18(8-6-11)23(20,21)14-4-3-12(9-13(14)16)15(19)22-2;/h3-4,9-11H,5-8,17H2,1-2H3;1H. The molecule has 0 saturated carbocycles. The van der Waals surface area contributed by atoms with Crippen LogP contribution in [0.2, 0.25) is 5.02 Å². The lowest BCUT2D eigenvalue weighted by Crippen LogP contribution is -2.42. The molecule has 0 radical (unpaired) electrons. The van der Waals surface area contributed by atoms with Crippen molar-refractivity contribution in [3.63, 3.8) is 0 Å². The fourth-order valence-corrected chi connectivity index (χ4v) is 4.72. The second kappa shape index (κ2) is 8.49. The highest BCUT2D eigenvalue weighted by molar-refractivity contribution is 7.89. The topological polar surface area (TPSA) is 89.7 Å². The Labute approximate surface area is 153 Å². The third-order valence-corrected chi connectivity index (χ3v) is 6.59. The monoisotopic (exact) mass is 396 g/mol. The number of ether oxygens (including phenoxy) is 1. The molecule has 1 heterocycles. The van der Waals surface area contributed by atoms with Gasteiger partial charge in [0.25, 0.3) is 0 Å². The molecule has 1 aromatic carbocycles. The summed E-state index contributed by atoms with van der Waals surface area (Å²) in [5.41, 5.74) is 6.10. The van der Waals surface area contributed by atoms with Gasteiger partial charge in [-0.05, 0) is 43.9 Å². The van der Waals surface area contributed by atoms with Crippen LogP contribution in [0.3, 0.4) is 0 Å². The number of hydrogen-bond acceptors (Lipinski definition) is 5. The smallest absolute Gasteiger partial charge is 0.337 e. The molecule has 2 rings (SSSR count). The zero-order valence-corrected chi connectivity index (χ0v) is 16.0. The summed E-state index contributed by atoms with van der Waals surface area (Å²) in [6, 6.07) is 4.12. The van der Waals surface area contributed by atoms with Crippen molar-refractivity contribution in [2.24, 2.45) is 11.7 Å². The lowest BCUT2D eigenvalue weighted by atomic mass is 9.92. The highest BCUT2D eigenvalue weighted by Gasteiger charge is 2.32. The number of methoxy groups -OCH3 is 1. The van der Waals surface area contributed by atoms with E-state index in [4.69, 9.17) is 17.3 Å².